The van der Waals surface area contributed by atoms with Gasteiger partial charge in [0.1, 0.15) is 11.7 Å². The first-order chi connectivity index (χ1) is 3.63. The molecular weight excluding hydrogens is 104 g/mol. The Morgan fingerprint density at radius 2 is 1.25 bits per heavy atom. The second-order valence-electron chi connectivity index (χ2n) is 1.24. The summed E-state index contributed by atoms with van der Waals surface area (Å²) < 4.78 is 0. The van der Waals surface area contributed by atoms with E-state index < -0.39 is 0 Å². The Hall–Kier alpha value is -1.32. The van der Waals surface area contributed by atoms with E-state index in [4.69, 9.17) is 22.3 Å². The molecule has 0 heterocycles. The molecule has 0 fully saturated rings. The van der Waals surface area contributed by atoms with Crippen LogP contribution in [0.4, 0.5) is 0 Å². The third-order valence-electron chi connectivity index (χ3n) is 0.442. The fourth-order valence-electron chi connectivity index (χ4n) is 0.180. The molecule has 0 rings (SSSR count). The first-order valence-electron chi connectivity index (χ1n) is 1.99. The summed E-state index contributed by atoms with van der Waals surface area (Å²) in [5.41, 5.74) is 9.77. The van der Waals surface area contributed by atoms with Gasteiger partial charge in [0.25, 0.3) is 0 Å². The number of nitrogens with two attached hydrogens (primary N) is 2. The average molecular weight is 112 g/mol. The Balaban J connectivity index is 3.67. The van der Waals surface area contributed by atoms with Crippen LogP contribution in [0.1, 0.15) is 0 Å². The number of rotatable bonds is 2. The molecule has 0 bridgehead atoms. The highest BCUT2D eigenvalue weighted by Crippen LogP contribution is 1.67. The Labute approximate surface area is 47.2 Å². The minimum absolute atomic E-state index is 0.0970. The number of hydrogen-bond donors (Lipinski definition) is 4. The van der Waals surface area contributed by atoms with Crippen molar-refractivity contribution < 1.29 is 0 Å². The fraction of sp³-hybridized carbons (Fsp3) is 0. The number of hydrogen-bond acceptors (Lipinski definition) is 2. The molecule has 0 saturated carbocycles. The Bertz CT molecular complexity index is 119. The molecule has 0 aromatic heterocycles. The van der Waals surface area contributed by atoms with E-state index in [1.165, 1.54) is 12.2 Å². The lowest BCUT2D eigenvalue weighted by Crippen LogP contribution is -2.09. The predicted molar refractivity (Wildman–Crippen MR) is 33.0 cm³/mol. The van der Waals surface area contributed by atoms with Gasteiger partial charge in [0.15, 0.2) is 0 Å². The van der Waals surface area contributed by atoms with Gasteiger partial charge in [-0.3, -0.25) is 10.8 Å². The van der Waals surface area contributed by atoms with Gasteiger partial charge >= 0.3 is 0 Å². The topological polar surface area (TPSA) is 99.7 Å². The number of nitrogens with one attached hydrogen (secondary N) is 2. The zero-order valence-electron chi connectivity index (χ0n) is 4.31. The SMILES string of the molecule is N=C(N)C=CC(=N)N. The Morgan fingerprint density at radius 1 is 1.00 bits per heavy atom. The minimum Gasteiger partial charge on any atom is -0.384 e. The molecule has 8 heavy (non-hydrogen) atoms. The second kappa shape index (κ2) is 2.79. The van der Waals surface area contributed by atoms with E-state index in [0.29, 0.717) is 0 Å². The van der Waals surface area contributed by atoms with Gasteiger partial charge in [-0.25, -0.2) is 0 Å². The normalized spacial score (nSPS) is 9.50. The maximum atomic E-state index is 6.63. The summed E-state index contributed by atoms with van der Waals surface area (Å²) in [6.07, 6.45) is 2.50. The van der Waals surface area contributed by atoms with Crippen LogP contribution >= 0.6 is 0 Å². The standard InChI is InChI=1S/C4H8N4/c5-3(6)1-2-4(7)8/h1-2H,(H3,5,6)(H3,7,8). The average Bonchev–Trinajstić information content (AvgIpc) is 1.61. The van der Waals surface area contributed by atoms with E-state index in [1.807, 2.05) is 0 Å². The third-order valence-corrected chi connectivity index (χ3v) is 0.442. The van der Waals surface area contributed by atoms with Crippen molar-refractivity contribution in [2.45, 2.75) is 0 Å². The zero-order chi connectivity index (χ0) is 6.57. The molecule has 44 valence electrons. The molecule has 0 aromatic carbocycles. The van der Waals surface area contributed by atoms with Crippen molar-refractivity contribution in [1.82, 2.24) is 0 Å². The van der Waals surface area contributed by atoms with Gasteiger partial charge in [-0.2, -0.15) is 0 Å². The highest BCUT2D eigenvalue weighted by Gasteiger charge is 1.76. The molecular formula is C4H8N4. The number of amidine groups is 2. The monoisotopic (exact) mass is 112 g/mol. The molecule has 0 aliphatic heterocycles. The summed E-state index contributed by atoms with van der Waals surface area (Å²) >= 11 is 0. The lowest BCUT2D eigenvalue weighted by atomic mass is 10.4. The first-order valence-corrected chi connectivity index (χ1v) is 1.99. The summed E-state index contributed by atoms with van der Waals surface area (Å²) in [4.78, 5) is 0. The van der Waals surface area contributed by atoms with Gasteiger partial charge in [0.05, 0.1) is 0 Å². The predicted octanol–water partition coefficient (Wildman–Crippen LogP) is -0.585. The van der Waals surface area contributed by atoms with Crippen LogP contribution in [-0.2, 0) is 0 Å². The molecule has 0 aliphatic carbocycles. The van der Waals surface area contributed by atoms with Crippen molar-refractivity contribution in [1.29, 1.82) is 10.8 Å². The van der Waals surface area contributed by atoms with Gasteiger partial charge in [-0.15, -0.1) is 0 Å². The van der Waals surface area contributed by atoms with Crippen molar-refractivity contribution in [2.24, 2.45) is 11.5 Å². The molecule has 6 N–H and O–H groups in total. The second-order valence-corrected chi connectivity index (χ2v) is 1.24. The van der Waals surface area contributed by atoms with E-state index >= 15 is 0 Å². The molecule has 4 nitrogen and oxygen atoms in total. The van der Waals surface area contributed by atoms with Crippen molar-refractivity contribution in [2.75, 3.05) is 0 Å². The summed E-state index contributed by atoms with van der Waals surface area (Å²) in [6.45, 7) is 0. The molecule has 0 spiro atoms. The summed E-state index contributed by atoms with van der Waals surface area (Å²) in [5, 5.41) is 13.3. The van der Waals surface area contributed by atoms with E-state index in [2.05, 4.69) is 0 Å². The van der Waals surface area contributed by atoms with E-state index in [9.17, 15) is 0 Å². The lowest BCUT2D eigenvalue weighted by molar-refractivity contribution is 1.45. The van der Waals surface area contributed by atoms with Crippen LogP contribution in [0.15, 0.2) is 12.2 Å². The van der Waals surface area contributed by atoms with Gasteiger partial charge in [0, 0.05) is 0 Å². The van der Waals surface area contributed by atoms with Crippen LogP contribution in [0.25, 0.3) is 0 Å². The van der Waals surface area contributed by atoms with Crippen LogP contribution in [-0.4, -0.2) is 11.7 Å². The van der Waals surface area contributed by atoms with Gasteiger partial charge in [-0.1, -0.05) is 0 Å². The molecule has 0 saturated heterocycles. The Kier molecular flexibility index (Phi) is 2.33. The van der Waals surface area contributed by atoms with Crippen molar-refractivity contribution in [3.8, 4) is 0 Å². The first kappa shape index (κ1) is 6.68. The van der Waals surface area contributed by atoms with Gasteiger partial charge in [-0.05, 0) is 12.2 Å². The molecule has 4 heteroatoms. The molecule has 0 atom stereocenters. The molecule has 0 unspecified atom stereocenters. The minimum atomic E-state index is -0.0970. The smallest absolute Gasteiger partial charge is 0.115 e. The maximum Gasteiger partial charge on any atom is 0.115 e. The highest BCUT2D eigenvalue weighted by atomic mass is 14.7. The molecule has 0 aromatic rings. The summed E-state index contributed by atoms with van der Waals surface area (Å²) in [7, 11) is 0. The maximum absolute atomic E-state index is 6.63. The van der Waals surface area contributed by atoms with Crippen molar-refractivity contribution in [3.05, 3.63) is 12.2 Å². The van der Waals surface area contributed by atoms with E-state index in [-0.39, 0.29) is 11.7 Å². The van der Waals surface area contributed by atoms with Crippen LogP contribution in [0, 0.1) is 10.8 Å². The van der Waals surface area contributed by atoms with Crippen molar-refractivity contribution in [3.63, 3.8) is 0 Å². The quantitative estimate of drug-likeness (QED) is 0.283. The van der Waals surface area contributed by atoms with E-state index in [0.717, 1.165) is 0 Å². The Morgan fingerprint density at radius 3 is 1.38 bits per heavy atom. The van der Waals surface area contributed by atoms with Crippen LogP contribution < -0.4 is 11.5 Å². The van der Waals surface area contributed by atoms with Crippen LogP contribution in [0.5, 0.6) is 0 Å². The molecule has 0 aliphatic rings. The summed E-state index contributed by atoms with van der Waals surface area (Å²) in [5.74, 6) is -0.194. The van der Waals surface area contributed by atoms with Crippen molar-refractivity contribution >= 4 is 11.7 Å². The zero-order valence-corrected chi connectivity index (χ0v) is 4.31. The van der Waals surface area contributed by atoms with Gasteiger partial charge < -0.3 is 11.5 Å². The lowest BCUT2D eigenvalue weighted by Gasteiger charge is -1.82. The highest BCUT2D eigenvalue weighted by molar-refractivity contribution is 5.97. The van der Waals surface area contributed by atoms with Gasteiger partial charge in [0.2, 0.25) is 0 Å². The van der Waals surface area contributed by atoms with Crippen LogP contribution in [0.2, 0.25) is 0 Å². The molecule has 0 radical (unpaired) electrons. The third kappa shape index (κ3) is 4.68. The van der Waals surface area contributed by atoms with Crippen LogP contribution in [0.3, 0.4) is 0 Å². The fourth-order valence-corrected chi connectivity index (χ4v) is 0.180. The molecule has 0 amide bonds. The van der Waals surface area contributed by atoms with E-state index in [1.54, 1.807) is 0 Å². The summed E-state index contributed by atoms with van der Waals surface area (Å²) in [6, 6.07) is 0. The largest absolute Gasteiger partial charge is 0.384 e.